The van der Waals surface area contributed by atoms with E-state index in [1.54, 1.807) is 12.1 Å². The number of carbonyl (C=O) groups is 1. The lowest BCUT2D eigenvalue weighted by Crippen LogP contribution is -2.40. The lowest BCUT2D eigenvalue weighted by atomic mass is 9.92. The molecular formula is C21H25Cl2FN4O. The van der Waals surface area contributed by atoms with Gasteiger partial charge in [0.2, 0.25) is 5.91 Å². The van der Waals surface area contributed by atoms with E-state index in [2.05, 4.69) is 27.5 Å². The Kier molecular flexibility index (Phi) is 8.02. The molecule has 156 valence electrons. The maximum Gasteiger partial charge on any atom is 0.227 e. The van der Waals surface area contributed by atoms with Crippen LogP contribution in [0.5, 0.6) is 0 Å². The predicted octanol–water partition coefficient (Wildman–Crippen LogP) is 4.46. The average Bonchev–Trinajstić information content (AvgIpc) is 3.05. The first-order chi connectivity index (χ1) is 13.1. The maximum absolute atomic E-state index is 13.8. The van der Waals surface area contributed by atoms with Crippen LogP contribution in [0.1, 0.15) is 31.2 Å². The first-order valence-corrected chi connectivity index (χ1v) is 9.35. The number of halogens is 3. The predicted molar refractivity (Wildman–Crippen MR) is 119 cm³/mol. The summed E-state index contributed by atoms with van der Waals surface area (Å²) in [6.07, 6.45) is 2.11. The van der Waals surface area contributed by atoms with E-state index in [0.717, 1.165) is 36.1 Å². The van der Waals surface area contributed by atoms with Gasteiger partial charge in [0.1, 0.15) is 11.6 Å². The smallest absolute Gasteiger partial charge is 0.227 e. The van der Waals surface area contributed by atoms with Crippen molar-refractivity contribution in [3.05, 3.63) is 59.7 Å². The fourth-order valence-electron chi connectivity index (χ4n) is 3.66. The molecule has 1 aliphatic heterocycles. The van der Waals surface area contributed by atoms with Crippen molar-refractivity contribution in [3.8, 4) is 0 Å². The van der Waals surface area contributed by atoms with Crippen molar-refractivity contribution in [2.45, 2.75) is 32.2 Å². The third-order valence-electron chi connectivity index (χ3n) is 5.11. The van der Waals surface area contributed by atoms with Gasteiger partial charge in [0, 0.05) is 24.1 Å². The zero-order valence-electron chi connectivity index (χ0n) is 16.1. The molecule has 8 heteroatoms. The van der Waals surface area contributed by atoms with Crippen LogP contribution < -0.4 is 10.6 Å². The van der Waals surface area contributed by atoms with Crippen LogP contribution in [0.3, 0.4) is 0 Å². The van der Waals surface area contributed by atoms with Gasteiger partial charge < -0.3 is 15.6 Å². The number of carbonyl (C=O) groups excluding carboxylic acids is 1. The van der Waals surface area contributed by atoms with Gasteiger partial charge in [-0.2, -0.15) is 0 Å². The molecule has 2 heterocycles. The Labute approximate surface area is 181 Å². The summed E-state index contributed by atoms with van der Waals surface area (Å²) in [7, 11) is 0. The van der Waals surface area contributed by atoms with Crippen LogP contribution >= 0.6 is 24.8 Å². The van der Waals surface area contributed by atoms with Crippen LogP contribution in [-0.2, 0) is 11.2 Å². The van der Waals surface area contributed by atoms with E-state index in [9.17, 15) is 9.18 Å². The van der Waals surface area contributed by atoms with E-state index in [1.165, 1.54) is 6.07 Å². The molecule has 0 spiro atoms. The molecule has 4 rings (SSSR count). The van der Waals surface area contributed by atoms with E-state index in [-0.39, 0.29) is 42.5 Å². The number of fused-ring (bicyclic) bond motifs is 1. The summed E-state index contributed by atoms with van der Waals surface area (Å²) >= 11 is 0. The molecule has 5 nitrogen and oxygen atoms in total. The molecule has 0 aliphatic carbocycles. The highest BCUT2D eigenvalue weighted by Crippen LogP contribution is 2.22. The third-order valence-corrected chi connectivity index (χ3v) is 5.11. The molecule has 3 aromatic rings. The molecule has 29 heavy (non-hydrogen) atoms. The normalized spacial score (nSPS) is 18.6. The highest BCUT2D eigenvalue weighted by atomic mass is 35.5. The number of imidazole rings is 1. The van der Waals surface area contributed by atoms with Crippen molar-refractivity contribution in [2.24, 2.45) is 5.92 Å². The molecule has 1 amide bonds. The average molecular weight is 439 g/mol. The van der Waals surface area contributed by atoms with Crippen molar-refractivity contribution in [1.29, 1.82) is 0 Å². The number of rotatable bonds is 4. The van der Waals surface area contributed by atoms with E-state index < -0.39 is 0 Å². The van der Waals surface area contributed by atoms with Crippen molar-refractivity contribution in [2.75, 3.05) is 11.9 Å². The number of amides is 1. The Morgan fingerprint density at radius 2 is 2.03 bits per heavy atom. The number of H-pyrrole nitrogens is 1. The summed E-state index contributed by atoms with van der Waals surface area (Å²) in [4.78, 5) is 20.3. The lowest BCUT2D eigenvalue weighted by molar-refractivity contribution is -0.120. The van der Waals surface area contributed by atoms with E-state index in [4.69, 9.17) is 0 Å². The Morgan fingerprint density at radius 1 is 1.24 bits per heavy atom. The standard InChI is InChI=1S/C21H23FN4O.2ClH/c1-13-10-15(8-9-23-13)21(27)24-16-6-7-18-19(12-16)26-20(25-18)11-14-4-2-3-5-17(14)22;;/h2-7,12-13,15,23H,8-11H2,1H3,(H,24,27)(H,25,26);2*1H/t13-,15-;;/m0../s1. The minimum absolute atomic E-state index is 0. The zero-order chi connectivity index (χ0) is 18.8. The van der Waals surface area contributed by atoms with Gasteiger partial charge in [0.25, 0.3) is 0 Å². The number of hydrogen-bond acceptors (Lipinski definition) is 3. The quantitative estimate of drug-likeness (QED) is 0.562. The highest BCUT2D eigenvalue weighted by molar-refractivity contribution is 5.94. The fourth-order valence-corrected chi connectivity index (χ4v) is 3.66. The van der Waals surface area contributed by atoms with Gasteiger partial charge in [0.15, 0.2) is 0 Å². The van der Waals surface area contributed by atoms with Crippen LogP contribution in [0.4, 0.5) is 10.1 Å². The molecule has 2 aromatic carbocycles. The van der Waals surface area contributed by atoms with Gasteiger partial charge in [0.05, 0.1) is 11.0 Å². The van der Waals surface area contributed by atoms with Crippen molar-refractivity contribution >= 4 is 47.4 Å². The Bertz CT molecular complexity index is 978. The molecule has 1 saturated heterocycles. The van der Waals surface area contributed by atoms with Crippen LogP contribution in [0, 0.1) is 11.7 Å². The van der Waals surface area contributed by atoms with Crippen LogP contribution in [0.25, 0.3) is 11.0 Å². The van der Waals surface area contributed by atoms with Gasteiger partial charge >= 0.3 is 0 Å². The maximum atomic E-state index is 13.8. The molecule has 1 aliphatic rings. The summed E-state index contributed by atoms with van der Waals surface area (Å²) in [5, 5.41) is 6.38. The van der Waals surface area contributed by atoms with Gasteiger partial charge in [-0.3, -0.25) is 4.79 Å². The monoisotopic (exact) mass is 438 g/mol. The van der Waals surface area contributed by atoms with Gasteiger partial charge in [-0.15, -0.1) is 24.8 Å². The Balaban J connectivity index is 0.00000150. The number of benzene rings is 2. The van der Waals surface area contributed by atoms with E-state index in [1.807, 2.05) is 24.3 Å². The number of nitrogens with one attached hydrogen (secondary N) is 3. The Hall–Kier alpha value is -2.15. The van der Waals surface area contributed by atoms with Gasteiger partial charge in [-0.25, -0.2) is 9.37 Å². The number of aromatic nitrogens is 2. The molecule has 0 bridgehead atoms. The molecule has 0 saturated carbocycles. The first kappa shape index (κ1) is 23.1. The SMILES string of the molecule is C[C@H]1C[C@@H](C(=O)Nc2ccc3nc(Cc4ccccc4F)[nH]c3c2)CCN1.Cl.Cl. The van der Waals surface area contributed by atoms with Crippen molar-refractivity contribution in [1.82, 2.24) is 15.3 Å². The number of piperidine rings is 1. The summed E-state index contributed by atoms with van der Waals surface area (Å²) in [6, 6.07) is 12.7. The second kappa shape index (κ2) is 10.1. The summed E-state index contributed by atoms with van der Waals surface area (Å²) in [6.45, 7) is 2.98. The van der Waals surface area contributed by atoms with Gasteiger partial charge in [-0.05, 0) is 56.1 Å². The van der Waals surface area contributed by atoms with E-state index >= 15 is 0 Å². The largest absolute Gasteiger partial charge is 0.342 e. The number of anilines is 1. The minimum Gasteiger partial charge on any atom is -0.342 e. The molecule has 1 aromatic heterocycles. The van der Waals surface area contributed by atoms with Crippen LogP contribution in [-0.4, -0.2) is 28.5 Å². The summed E-state index contributed by atoms with van der Waals surface area (Å²) in [5.74, 6) is 0.567. The molecule has 2 atom stereocenters. The fraction of sp³-hybridized carbons (Fsp3) is 0.333. The lowest BCUT2D eigenvalue weighted by Gasteiger charge is -2.27. The zero-order valence-corrected chi connectivity index (χ0v) is 17.7. The number of aromatic amines is 1. The second-order valence-electron chi connectivity index (χ2n) is 7.25. The van der Waals surface area contributed by atoms with Crippen LogP contribution in [0.15, 0.2) is 42.5 Å². The topological polar surface area (TPSA) is 69.8 Å². The molecule has 1 fully saturated rings. The Morgan fingerprint density at radius 3 is 2.79 bits per heavy atom. The summed E-state index contributed by atoms with van der Waals surface area (Å²) in [5.41, 5.74) is 2.98. The molecule has 0 unspecified atom stereocenters. The third kappa shape index (κ3) is 5.47. The number of nitrogens with zero attached hydrogens (tertiary/aromatic N) is 1. The molecule has 3 N–H and O–H groups in total. The summed E-state index contributed by atoms with van der Waals surface area (Å²) < 4.78 is 13.8. The van der Waals surface area contributed by atoms with Gasteiger partial charge in [-0.1, -0.05) is 18.2 Å². The van der Waals surface area contributed by atoms with Crippen LogP contribution in [0.2, 0.25) is 0 Å². The molecule has 0 radical (unpaired) electrons. The van der Waals surface area contributed by atoms with E-state index in [0.29, 0.717) is 23.9 Å². The highest BCUT2D eigenvalue weighted by Gasteiger charge is 2.24. The second-order valence-corrected chi connectivity index (χ2v) is 7.25. The van der Waals surface area contributed by atoms with Crippen molar-refractivity contribution in [3.63, 3.8) is 0 Å². The minimum atomic E-state index is -0.234. The number of hydrogen-bond donors (Lipinski definition) is 3. The molecular weight excluding hydrogens is 414 g/mol. The van der Waals surface area contributed by atoms with Crippen molar-refractivity contribution < 1.29 is 9.18 Å². The first-order valence-electron chi connectivity index (χ1n) is 9.35.